The van der Waals surface area contributed by atoms with Gasteiger partial charge < -0.3 is 14.7 Å². The lowest BCUT2D eigenvalue weighted by atomic mass is 9.93. The quantitative estimate of drug-likeness (QED) is 0.854. The Morgan fingerprint density at radius 3 is 2.63 bits per heavy atom. The average molecular weight is 365 g/mol. The van der Waals surface area contributed by atoms with Crippen molar-refractivity contribution in [3.63, 3.8) is 0 Å². The van der Waals surface area contributed by atoms with Crippen LogP contribution >= 0.6 is 0 Å². The van der Waals surface area contributed by atoms with Crippen LogP contribution in [0, 0.1) is 0 Å². The van der Waals surface area contributed by atoms with Crippen LogP contribution in [-0.2, 0) is 16.6 Å². The number of nitrogens with zero attached hydrogens (tertiary/aromatic N) is 2. The number of aromatic nitrogens is 1. The third kappa shape index (κ3) is 4.88. The summed E-state index contributed by atoms with van der Waals surface area (Å²) in [4.78, 5) is 14.6. The fourth-order valence-electron chi connectivity index (χ4n) is 2.87. The average Bonchev–Trinajstić information content (AvgIpc) is 3.11. The van der Waals surface area contributed by atoms with E-state index in [2.05, 4.69) is 52.8 Å². The van der Waals surface area contributed by atoms with E-state index >= 15 is 0 Å². The molecule has 3 rings (SSSR count). The van der Waals surface area contributed by atoms with Crippen molar-refractivity contribution in [3.05, 3.63) is 65.6 Å². The van der Waals surface area contributed by atoms with E-state index in [4.69, 9.17) is 4.52 Å². The summed E-state index contributed by atoms with van der Waals surface area (Å²) in [5.74, 6) is 1.10. The zero-order valence-electron chi connectivity index (χ0n) is 16.5. The molecular formula is C22H27N3O2. The third-order valence-corrected chi connectivity index (χ3v) is 4.53. The predicted molar refractivity (Wildman–Crippen MR) is 108 cm³/mol. The highest BCUT2D eigenvalue weighted by Gasteiger charge is 2.20. The van der Waals surface area contributed by atoms with Gasteiger partial charge in [0.05, 0.1) is 6.42 Å². The molecule has 1 N–H and O–H groups in total. The second-order valence-electron chi connectivity index (χ2n) is 7.82. The molecule has 2 heterocycles. The normalized spacial score (nSPS) is 14.2. The van der Waals surface area contributed by atoms with Gasteiger partial charge in [-0.25, -0.2) is 0 Å². The number of carbonyl (C=O) groups is 1. The zero-order chi connectivity index (χ0) is 19.4. The summed E-state index contributed by atoms with van der Waals surface area (Å²) in [5, 5.41) is 6.73. The van der Waals surface area contributed by atoms with Gasteiger partial charge in [-0.3, -0.25) is 4.79 Å². The number of rotatable bonds is 5. The van der Waals surface area contributed by atoms with Gasteiger partial charge in [0.1, 0.15) is 5.76 Å². The molecule has 0 aliphatic carbocycles. The minimum Gasteiger partial charge on any atom is -0.373 e. The molecule has 1 aromatic heterocycles. The summed E-state index contributed by atoms with van der Waals surface area (Å²) >= 11 is 0. The van der Waals surface area contributed by atoms with Crippen LogP contribution in [0.4, 0.5) is 5.82 Å². The molecule has 0 saturated carbocycles. The fourth-order valence-corrected chi connectivity index (χ4v) is 2.87. The zero-order valence-corrected chi connectivity index (χ0v) is 16.5. The van der Waals surface area contributed by atoms with Gasteiger partial charge in [-0.15, -0.1) is 0 Å². The van der Waals surface area contributed by atoms with Crippen molar-refractivity contribution in [2.75, 3.05) is 18.4 Å². The lowest BCUT2D eigenvalue weighted by Gasteiger charge is -2.21. The van der Waals surface area contributed by atoms with Crippen molar-refractivity contribution in [1.29, 1.82) is 0 Å². The van der Waals surface area contributed by atoms with Crippen molar-refractivity contribution < 1.29 is 9.32 Å². The van der Waals surface area contributed by atoms with Crippen molar-refractivity contribution in [2.24, 2.45) is 0 Å². The van der Waals surface area contributed by atoms with Crippen LogP contribution in [0.15, 0.2) is 53.2 Å². The first-order valence-electron chi connectivity index (χ1n) is 9.34. The largest absolute Gasteiger partial charge is 0.373 e. The lowest BCUT2D eigenvalue weighted by Crippen LogP contribution is -2.19. The molecule has 142 valence electrons. The predicted octanol–water partition coefficient (Wildman–Crippen LogP) is 4.39. The van der Waals surface area contributed by atoms with Crippen molar-refractivity contribution in [2.45, 2.75) is 39.5 Å². The van der Waals surface area contributed by atoms with E-state index < -0.39 is 0 Å². The Morgan fingerprint density at radius 2 is 2.00 bits per heavy atom. The maximum absolute atomic E-state index is 12.3. The standard InChI is InChI=1S/C22H27N3O2/c1-5-25-12-6-7-18(15-25)17-10-8-16(9-11-17)13-21(26)23-20-14-19(27-24-20)22(2,3)4/h6-11,14-15H,5,12-13H2,1-4H3,(H,23,24,26). The highest BCUT2D eigenvalue weighted by Crippen LogP contribution is 2.24. The lowest BCUT2D eigenvalue weighted by molar-refractivity contribution is -0.115. The van der Waals surface area contributed by atoms with Gasteiger partial charge >= 0.3 is 0 Å². The minimum absolute atomic E-state index is 0.106. The molecule has 0 atom stereocenters. The highest BCUT2D eigenvalue weighted by molar-refractivity contribution is 5.91. The number of carbonyl (C=O) groups excluding carboxylic acids is 1. The Balaban J connectivity index is 1.61. The summed E-state index contributed by atoms with van der Waals surface area (Å²) in [6, 6.07) is 9.90. The van der Waals surface area contributed by atoms with E-state index in [1.165, 1.54) is 5.57 Å². The Morgan fingerprint density at radius 1 is 1.26 bits per heavy atom. The molecule has 0 unspecified atom stereocenters. The molecule has 0 radical (unpaired) electrons. The molecule has 27 heavy (non-hydrogen) atoms. The number of nitrogens with one attached hydrogen (secondary N) is 1. The van der Waals surface area contributed by atoms with E-state index in [1.54, 1.807) is 6.07 Å². The minimum atomic E-state index is -0.137. The van der Waals surface area contributed by atoms with Gasteiger partial charge in [-0.1, -0.05) is 62.3 Å². The van der Waals surface area contributed by atoms with Crippen LogP contribution < -0.4 is 5.32 Å². The van der Waals surface area contributed by atoms with Gasteiger partial charge in [0.2, 0.25) is 5.91 Å². The van der Waals surface area contributed by atoms with E-state index in [9.17, 15) is 4.79 Å². The van der Waals surface area contributed by atoms with Gasteiger partial charge in [-0.2, -0.15) is 0 Å². The summed E-state index contributed by atoms with van der Waals surface area (Å²) in [6.07, 6.45) is 6.79. The molecule has 1 aromatic carbocycles. The first-order chi connectivity index (χ1) is 12.8. The molecule has 5 nitrogen and oxygen atoms in total. The Hall–Kier alpha value is -2.82. The molecule has 0 saturated heterocycles. The van der Waals surface area contributed by atoms with E-state index in [-0.39, 0.29) is 11.3 Å². The number of anilines is 1. The first-order valence-corrected chi connectivity index (χ1v) is 9.34. The number of amides is 1. The van der Waals surface area contributed by atoms with Crippen LogP contribution in [0.2, 0.25) is 0 Å². The summed E-state index contributed by atoms with van der Waals surface area (Å²) in [5.41, 5.74) is 3.17. The molecule has 0 bridgehead atoms. The molecule has 1 aliphatic rings. The molecule has 0 spiro atoms. The van der Waals surface area contributed by atoms with E-state index in [0.717, 1.165) is 30.0 Å². The molecule has 0 fully saturated rings. The van der Waals surface area contributed by atoms with Crippen LogP contribution in [0.3, 0.4) is 0 Å². The van der Waals surface area contributed by atoms with Gasteiger partial charge in [0.25, 0.3) is 0 Å². The number of hydrogen-bond acceptors (Lipinski definition) is 4. The Kier molecular flexibility index (Phi) is 5.49. The van der Waals surface area contributed by atoms with Crippen LogP contribution in [0.5, 0.6) is 0 Å². The monoisotopic (exact) mass is 365 g/mol. The highest BCUT2D eigenvalue weighted by atomic mass is 16.5. The summed E-state index contributed by atoms with van der Waals surface area (Å²) in [7, 11) is 0. The molecule has 1 aliphatic heterocycles. The van der Waals surface area contributed by atoms with Gasteiger partial charge in [0, 0.05) is 30.8 Å². The van der Waals surface area contributed by atoms with Gasteiger partial charge in [-0.05, 0) is 23.6 Å². The summed E-state index contributed by atoms with van der Waals surface area (Å²) in [6.45, 7) is 10.2. The molecular weight excluding hydrogens is 338 g/mol. The van der Waals surface area contributed by atoms with Crippen molar-refractivity contribution >= 4 is 17.3 Å². The fraction of sp³-hybridized carbons (Fsp3) is 0.364. The molecule has 2 aromatic rings. The molecule has 1 amide bonds. The van der Waals surface area contributed by atoms with Crippen molar-refractivity contribution in [3.8, 4) is 0 Å². The smallest absolute Gasteiger partial charge is 0.230 e. The van der Waals surface area contributed by atoms with E-state index in [1.807, 2.05) is 32.9 Å². The SMILES string of the molecule is CCN1C=C(c2ccc(CC(=O)Nc3cc(C(C)(C)C)on3)cc2)C=CC1. The number of allylic oxidation sites excluding steroid dienone is 2. The first kappa shape index (κ1) is 19.0. The van der Waals surface area contributed by atoms with E-state index in [0.29, 0.717) is 12.2 Å². The molecule has 5 heteroatoms. The maximum atomic E-state index is 12.3. The summed E-state index contributed by atoms with van der Waals surface area (Å²) < 4.78 is 5.30. The maximum Gasteiger partial charge on any atom is 0.230 e. The van der Waals surface area contributed by atoms with Gasteiger partial charge in [0.15, 0.2) is 5.82 Å². The second kappa shape index (κ2) is 7.82. The Labute approximate surface area is 160 Å². The topological polar surface area (TPSA) is 58.4 Å². The van der Waals surface area contributed by atoms with Crippen LogP contribution in [0.1, 0.15) is 44.6 Å². The van der Waals surface area contributed by atoms with Crippen LogP contribution in [0.25, 0.3) is 5.57 Å². The number of hydrogen-bond donors (Lipinski definition) is 1. The number of benzene rings is 1. The van der Waals surface area contributed by atoms with Crippen molar-refractivity contribution in [1.82, 2.24) is 10.1 Å². The van der Waals surface area contributed by atoms with Crippen LogP contribution in [-0.4, -0.2) is 29.1 Å². The second-order valence-corrected chi connectivity index (χ2v) is 7.82. The third-order valence-electron chi connectivity index (χ3n) is 4.53. The number of likely N-dealkylation sites (N-methyl/N-ethyl adjacent to an activating group) is 1. The Bertz CT molecular complexity index is 854.